The fraction of sp³-hybridized carbons (Fsp3) is 0.217. The number of hydrogen-bond acceptors (Lipinski definition) is 3. The number of aromatic nitrogens is 1. The number of amides is 1. The summed E-state index contributed by atoms with van der Waals surface area (Å²) in [5.41, 5.74) is 3.17. The Balaban J connectivity index is 2.02. The Morgan fingerprint density at radius 2 is 1.79 bits per heavy atom. The van der Waals surface area contributed by atoms with Crippen LogP contribution in [0.5, 0.6) is 5.75 Å². The molecule has 1 unspecified atom stereocenters. The van der Waals surface area contributed by atoms with Crippen molar-refractivity contribution in [1.82, 2.24) is 10.3 Å². The molecule has 5 heteroatoms. The Morgan fingerprint density at radius 3 is 2.46 bits per heavy atom. The van der Waals surface area contributed by atoms with Gasteiger partial charge in [0.25, 0.3) is 11.5 Å². The van der Waals surface area contributed by atoms with Crippen molar-refractivity contribution in [3.8, 4) is 5.75 Å². The van der Waals surface area contributed by atoms with Gasteiger partial charge in [-0.2, -0.15) is 0 Å². The Kier molecular flexibility index (Phi) is 5.94. The van der Waals surface area contributed by atoms with E-state index >= 15 is 0 Å². The molecule has 0 aliphatic rings. The van der Waals surface area contributed by atoms with E-state index < -0.39 is 11.9 Å². The summed E-state index contributed by atoms with van der Waals surface area (Å²) in [4.78, 5) is 28.2. The summed E-state index contributed by atoms with van der Waals surface area (Å²) >= 11 is 0. The number of aryl methyl sites for hydroxylation is 2. The van der Waals surface area contributed by atoms with Crippen molar-refractivity contribution in [3.05, 3.63) is 99.0 Å². The first-order chi connectivity index (χ1) is 13.5. The molecule has 0 radical (unpaired) electrons. The van der Waals surface area contributed by atoms with Crippen LogP contribution in [0.25, 0.3) is 0 Å². The van der Waals surface area contributed by atoms with E-state index in [4.69, 9.17) is 4.74 Å². The van der Waals surface area contributed by atoms with Crippen molar-refractivity contribution in [2.75, 3.05) is 7.11 Å². The van der Waals surface area contributed by atoms with Gasteiger partial charge in [0.05, 0.1) is 13.2 Å². The molecule has 1 atom stereocenters. The molecule has 1 aromatic heterocycles. The van der Waals surface area contributed by atoms with E-state index in [-0.39, 0.29) is 11.1 Å². The Bertz CT molecular complexity index is 1030. The lowest BCUT2D eigenvalue weighted by molar-refractivity contribution is 0.0941. The molecule has 3 aromatic rings. The first-order valence-electron chi connectivity index (χ1n) is 9.26. The summed E-state index contributed by atoms with van der Waals surface area (Å²) in [6.07, 6.45) is 0.705. The third kappa shape index (κ3) is 3.98. The molecule has 5 nitrogen and oxygen atoms in total. The fourth-order valence-electron chi connectivity index (χ4n) is 3.31. The number of H-pyrrole nitrogens is 1. The van der Waals surface area contributed by atoms with E-state index in [1.807, 2.05) is 68.4 Å². The molecule has 0 saturated heterocycles. The molecule has 1 amide bonds. The van der Waals surface area contributed by atoms with Crippen LogP contribution in [0.2, 0.25) is 0 Å². The van der Waals surface area contributed by atoms with E-state index in [0.717, 1.165) is 22.4 Å². The number of pyridine rings is 1. The predicted octanol–water partition coefficient (Wildman–Crippen LogP) is 3.77. The molecular formula is C23H24N2O3. The quantitative estimate of drug-likeness (QED) is 0.688. The minimum Gasteiger partial charge on any atom is -0.496 e. The first-order valence-corrected chi connectivity index (χ1v) is 9.26. The molecule has 1 heterocycles. The van der Waals surface area contributed by atoms with E-state index in [0.29, 0.717) is 12.2 Å². The number of benzene rings is 2. The molecule has 144 valence electrons. The lowest BCUT2D eigenvalue weighted by Gasteiger charge is -2.22. The number of para-hydroxylation sites is 1. The monoisotopic (exact) mass is 376 g/mol. The van der Waals surface area contributed by atoms with Crippen LogP contribution in [-0.4, -0.2) is 18.0 Å². The molecule has 2 aromatic carbocycles. The molecule has 28 heavy (non-hydrogen) atoms. The zero-order chi connectivity index (χ0) is 20.1. The molecule has 3 rings (SSSR count). The van der Waals surface area contributed by atoms with Crippen LogP contribution in [0.1, 0.15) is 45.7 Å². The average molecular weight is 376 g/mol. The van der Waals surface area contributed by atoms with Gasteiger partial charge >= 0.3 is 0 Å². The van der Waals surface area contributed by atoms with Gasteiger partial charge in [0.1, 0.15) is 11.3 Å². The second-order valence-corrected chi connectivity index (χ2v) is 6.59. The summed E-state index contributed by atoms with van der Waals surface area (Å²) in [6, 6.07) is 18.4. The summed E-state index contributed by atoms with van der Waals surface area (Å²) < 4.78 is 5.49. The normalized spacial score (nSPS) is 11.7. The molecular weight excluding hydrogens is 352 g/mol. The van der Waals surface area contributed by atoms with Crippen LogP contribution in [0, 0.1) is 6.92 Å². The second-order valence-electron chi connectivity index (χ2n) is 6.59. The summed E-state index contributed by atoms with van der Waals surface area (Å²) in [5, 5.41) is 3.01. The number of ether oxygens (including phenoxy) is 1. The highest BCUT2D eigenvalue weighted by Gasteiger charge is 2.22. The van der Waals surface area contributed by atoms with Crippen molar-refractivity contribution < 1.29 is 9.53 Å². The molecule has 0 spiro atoms. The van der Waals surface area contributed by atoms with Gasteiger partial charge in [0, 0.05) is 11.3 Å². The smallest absolute Gasteiger partial charge is 0.261 e. The van der Waals surface area contributed by atoms with Gasteiger partial charge in [-0.3, -0.25) is 9.59 Å². The lowest BCUT2D eigenvalue weighted by atomic mass is 9.97. The van der Waals surface area contributed by atoms with Crippen molar-refractivity contribution in [1.29, 1.82) is 0 Å². The van der Waals surface area contributed by atoms with Crippen LogP contribution in [0.4, 0.5) is 0 Å². The van der Waals surface area contributed by atoms with Crippen molar-refractivity contribution in [3.63, 3.8) is 0 Å². The van der Waals surface area contributed by atoms with E-state index in [1.54, 1.807) is 13.2 Å². The number of aromatic amines is 1. The fourth-order valence-corrected chi connectivity index (χ4v) is 3.31. The van der Waals surface area contributed by atoms with Crippen LogP contribution in [-0.2, 0) is 6.42 Å². The number of methoxy groups -OCH3 is 1. The van der Waals surface area contributed by atoms with Gasteiger partial charge in [-0.05, 0) is 36.6 Å². The van der Waals surface area contributed by atoms with Crippen LogP contribution in [0.3, 0.4) is 0 Å². The summed E-state index contributed by atoms with van der Waals surface area (Å²) in [6.45, 7) is 3.85. The van der Waals surface area contributed by atoms with Crippen LogP contribution >= 0.6 is 0 Å². The largest absolute Gasteiger partial charge is 0.496 e. The SMILES string of the molecule is CCc1[nH]c(=O)c(C(=O)NC(c2ccccc2)c2ccccc2OC)cc1C. The maximum absolute atomic E-state index is 13.0. The third-order valence-corrected chi connectivity index (χ3v) is 4.80. The van der Waals surface area contributed by atoms with Gasteiger partial charge in [0.15, 0.2) is 0 Å². The lowest BCUT2D eigenvalue weighted by Crippen LogP contribution is -2.34. The van der Waals surface area contributed by atoms with Crippen LogP contribution < -0.4 is 15.6 Å². The van der Waals surface area contributed by atoms with E-state index in [2.05, 4.69) is 10.3 Å². The highest BCUT2D eigenvalue weighted by molar-refractivity contribution is 5.94. The van der Waals surface area contributed by atoms with Gasteiger partial charge in [-0.15, -0.1) is 0 Å². The molecule has 0 aliphatic carbocycles. The molecule has 0 bridgehead atoms. The van der Waals surface area contributed by atoms with Gasteiger partial charge in [0.2, 0.25) is 0 Å². The van der Waals surface area contributed by atoms with Gasteiger partial charge < -0.3 is 15.0 Å². The number of carbonyl (C=O) groups excluding carboxylic acids is 1. The van der Waals surface area contributed by atoms with E-state index in [9.17, 15) is 9.59 Å². The van der Waals surface area contributed by atoms with Crippen molar-refractivity contribution >= 4 is 5.91 Å². The summed E-state index contributed by atoms with van der Waals surface area (Å²) in [5.74, 6) is 0.245. The minimum atomic E-state index is -0.449. The highest BCUT2D eigenvalue weighted by Crippen LogP contribution is 2.30. The second kappa shape index (κ2) is 8.57. The number of rotatable bonds is 6. The Labute approximate surface area is 164 Å². The first kappa shape index (κ1) is 19.4. The van der Waals surface area contributed by atoms with Crippen molar-refractivity contribution in [2.45, 2.75) is 26.3 Å². The molecule has 2 N–H and O–H groups in total. The Morgan fingerprint density at radius 1 is 1.11 bits per heavy atom. The van der Waals surface area contributed by atoms with Gasteiger partial charge in [-0.25, -0.2) is 0 Å². The zero-order valence-corrected chi connectivity index (χ0v) is 16.3. The minimum absolute atomic E-state index is 0.102. The number of carbonyl (C=O) groups is 1. The molecule has 0 aliphatic heterocycles. The standard InChI is InChI=1S/C23H24N2O3/c1-4-19-15(2)14-18(22(26)24-19)23(27)25-21(16-10-6-5-7-11-16)17-12-8-9-13-20(17)28-3/h5-14,21H,4H2,1-3H3,(H,24,26)(H,25,27). The number of hydrogen-bond donors (Lipinski definition) is 2. The third-order valence-electron chi connectivity index (χ3n) is 4.80. The van der Waals surface area contributed by atoms with Crippen molar-refractivity contribution in [2.24, 2.45) is 0 Å². The van der Waals surface area contributed by atoms with Gasteiger partial charge in [-0.1, -0.05) is 55.5 Å². The molecule has 0 saturated carbocycles. The van der Waals surface area contributed by atoms with E-state index in [1.165, 1.54) is 0 Å². The molecule has 0 fully saturated rings. The van der Waals surface area contributed by atoms with Crippen LogP contribution in [0.15, 0.2) is 65.5 Å². The maximum atomic E-state index is 13.0. The predicted molar refractivity (Wildman–Crippen MR) is 110 cm³/mol. The maximum Gasteiger partial charge on any atom is 0.261 e. The zero-order valence-electron chi connectivity index (χ0n) is 16.3. The topological polar surface area (TPSA) is 71.2 Å². The number of nitrogens with one attached hydrogen (secondary N) is 2. The summed E-state index contributed by atoms with van der Waals surface area (Å²) in [7, 11) is 1.60. The highest BCUT2D eigenvalue weighted by atomic mass is 16.5. The average Bonchev–Trinajstić information content (AvgIpc) is 2.73. The Hall–Kier alpha value is -3.34.